The van der Waals surface area contributed by atoms with Gasteiger partial charge in [-0.15, -0.1) is 0 Å². The first-order chi connectivity index (χ1) is 10.8. The van der Waals surface area contributed by atoms with E-state index >= 15 is 0 Å². The monoisotopic (exact) mass is 316 g/mol. The van der Waals surface area contributed by atoms with E-state index in [0.717, 1.165) is 18.4 Å². The van der Waals surface area contributed by atoms with Crippen molar-refractivity contribution >= 4 is 5.91 Å². The van der Waals surface area contributed by atoms with Gasteiger partial charge in [-0.2, -0.15) is 0 Å². The Hall–Kier alpha value is -1.35. The van der Waals surface area contributed by atoms with E-state index in [0.29, 0.717) is 6.54 Å². The Bertz CT molecular complexity index is 523. The van der Waals surface area contributed by atoms with Crippen LogP contribution in [-0.2, 0) is 17.9 Å². The zero-order chi connectivity index (χ0) is 17.0. The van der Waals surface area contributed by atoms with Crippen molar-refractivity contribution in [1.29, 1.82) is 0 Å². The van der Waals surface area contributed by atoms with Crippen molar-refractivity contribution in [2.75, 3.05) is 13.1 Å². The lowest BCUT2D eigenvalue weighted by atomic mass is 9.91. The highest BCUT2D eigenvalue weighted by Gasteiger charge is 2.23. The van der Waals surface area contributed by atoms with Crippen LogP contribution >= 0.6 is 0 Å². The number of benzene rings is 1. The van der Waals surface area contributed by atoms with E-state index in [1.54, 1.807) is 0 Å². The summed E-state index contributed by atoms with van der Waals surface area (Å²) in [7, 11) is 0. The van der Waals surface area contributed by atoms with Crippen molar-refractivity contribution < 1.29 is 4.79 Å². The lowest BCUT2D eigenvalue weighted by Crippen LogP contribution is -2.38. The Balaban J connectivity index is 2.01. The zero-order valence-electron chi connectivity index (χ0n) is 15.4. The third kappa shape index (κ3) is 5.35. The number of nitrogens with one attached hydrogen (secondary N) is 1. The van der Waals surface area contributed by atoms with Crippen LogP contribution in [0, 0.1) is 17.3 Å². The minimum absolute atomic E-state index is 0.104. The van der Waals surface area contributed by atoms with Crippen LogP contribution in [0.1, 0.15) is 52.2 Å². The number of piperidine rings is 1. The molecule has 1 saturated heterocycles. The summed E-state index contributed by atoms with van der Waals surface area (Å²) in [6.07, 6.45) is 1.33. The molecule has 1 amide bonds. The number of amides is 1. The van der Waals surface area contributed by atoms with Crippen molar-refractivity contribution in [3.8, 4) is 0 Å². The molecule has 1 aromatic rings. The molecule has 0 unspecified atom stereocenters. The van der Waals surface area contributed by atoms with Gasteiger partial charge in [0.25, 0.3) is 0 Å². The van der Waals surface area contributed by atoms with Crippen LogP contribution in [-0.4, -0.2) is 23.9 Å². The molecule has 0 spiro atoms. The highest BCUT2D eigenvalue weighted by atomic mass is 16.2. The van der Waals surface area contributed by atoms with Crippen LogP contribution in [0.2, 0.25) is 0 Å². The van der Waals surface area contributed by atoms with Crippen LogP contribution in [0.4, 0.5) is 0 Å². The van der Waals surface area contributed by atoms with Gasteiger partial charge < -0.3 is 5.32 Å². The van der Waals surface area contributed by atoms with Gasteiger partial charge in [0.1, 0.15) is 0 Å². The second-order valence-corrected chi connectivity index (χ2v) is 8.34. The molecule has 1 fully saturated rings. The highest BCUT2D eigenvalue weighted by molar-refractivity contribution is 5.81. The number of carbonyl (C=O) groups excluding carboxylic acids is 1. The second kappa shape index (κ2) is 7.48. The van der Waals surface area contributed by atoms with E-state index < -0.39 is 0 Å². The summed E-state index contributed by atoms with van der Waals surface area (Å²) < 4.78 is 0. The largest absolute Gasteiger partial charge is 0.352 e. The molecule has 1 aliphatic rings. The molecule has 3 heteroatoms. The molecule has 1 heterocycles. The van der Waals surface area contributed by atoms with Crippen LogP contribution in [0.25, 0.3) is 0 Å². The maximum Gasteiger partial charge on any atom is 0.225 e. The molecule has 3 nitrogen and oxygen atoms in total. The predicted molar refractivity (Wildman–Crippen MR) is 96.0 cm³/mol. The zero-order valence-corrected chi connectivity index (χ0v) is 15.4. The second-order valence-electron chi connectivity index (χ2n) is 8.34. The van der Waals surface area contributed by atoms with Crippen molar-refractivity contribution in [3.63, 3.8) is 0 Å². The summed E-state index contributed by atoms with van der Waals surface area (Å²) in [4.78, 5) is 14.7. The van der Waals surface area contributed by atoms with Gasteiger partial charge in [0.05, 0.1) is 0 Å². The third-order valence-corrected chi connectivity index (χ3v) is 4.58. The molecule has 1 N–H and O–H groups in total. The minimum Gasteiger partial charge on any atom is -0.352 e. The fourth-order valence-corrected chi connectivity index (χ4v) is 3.49. The predicted octanol–water partition coefficient (Wildman–Crippen LogP) is 3.83. The summed E-state index contributed by atoms with van der Waals surface area (Å²) >= 11 is 0. The molecule has 0 aromatic heterocycles. The van der Waals surface area contributed by atoms with E-state index in [1.807, 2.05) is 20.8 Å². The van der Waals surface area contributed by atoms with E-state index in [9.17, 15) is 4.79 Å². The minimum atomic E-state index is -0.341. The van der Waals surface area contributed by atoms with Crippen LogP contribution in [0.5, 0.6) is 0 Å². The Morgan fingerprint density at radius 2 is 1.70 bits per heavy atom. The number of carbonyl (C=O) groups is 1. The summed E-state index contributed by atoms with van der Waals surface area (Å²) in [6.45, 7) is 14.5. The number of hydrogen-bond donors (Lipinski definition) is 1. The molecule has 1 aromatic carbocycles. The van der Waals surface area contributed by atoms with Gasteiger partial charge in [-0.1, -0.05) is 58.9 Å². The first-order valence-corrected chi connectivity index (χ1v) is 8.83. The molecule has 0 saturated carbocycles. The maximum absolute atomic E-state index is 12.1. The molecule has 1 aliphatic heterocycles. The Kier molecular flexibility index (Phi) is 5.85. The number of rotatable bonds is 4. The molecule has 2 atom stereocenters. The van der Waals surface area contributed by atoms with Crippen LogP contribution in [0.3, 0.4) is 0 Å². The molecular formula is C20H32N2O. The standard InChI is InChI=1S/C20H32N2O/c1-15-10-16(2)13-22(12-15)14-18-9-7-6-8-17(18)11-21-19(23)20(3,4)5/h6-9,15-16H,10-14H2,1-5H3,(H,21,23)/t15-,16+. The summed E-state index contributed by atoms with van der Waals surface area (Å²) in [6, 6.07) is 8.49. The molecule has 128 valence electrons. The lowest BCUT2D eigenvalue weighted by molar-refractivity contribution is -0.128. The maximum atomic E-state index is 12.1. The fourth-order valence-electron chi connectivity index (χ4n) is 3.49. The van der Waals surface area contributed by atoms with E-state index in [4.69, 9.17) is 0 Å². The Morgan fingerprint density at radius 3 is 2.26 bits per heavy atom. The fraction of sp³-hybridized carbons (Fsp3) is 0.650. The molecular weight excluding hydrogens is 284 g/mol. The molecule has 0 radical (unpaired) electrons. The molecule has 2 rings (SSSR count). The van der Waals surface area contributed by atoms with E-state index in [-0.39, 0.29) is 11.3 Å². The number of nitrogens with zero attached hydrogens (tertiary/aromatic N) is 1. The summed E-state index contributed by atoms with van der Waals surface area (Å²) in [5, 5.41) is 3.08. The van der Waals surface area contributed by atoms with Crippen molar-refractivity contribution in [3.05, 3.63) is 35.4 Å². The average molecular weight is 316 g/mol. The highest BCUT2D eigenvalue weighted by Crippen LogP contribution is 2.23. The van der Waals surface area contributed by atoms with Gasteiger partial charge in [0.2, 0.25) is 5.91 Å². The smallest absolute Gasteiger partial charge is 0.225 e. The molecule has 0 bridgehead atoms. The van der Waals surface area contributed by atoms with E-state index in [1.165, 1.54) is 30.6 Å². The normalized spacial score (nSPS) is 22.8. The Morgan fingerprint density at radius 1 is 1.13 bits per heavy atom. The van der Waals surface area contributed by atoms with Gasteiger partial charge in [0, 0.05) is 31.6 Å². The van der Waals surface area contributed by atoms with Crippen molar-refractivity contribution in [2.24, 2.45) is 17.3 Å². The third-order valence-electron chi connectivity index (χ3n) is 4.58. The van der Waals surface area contributed by atoms with Gasteiger partial charge in [-0.05, 0) is 29.4 Å². The van der Waals surface area contributed by atoms with E-state index in [2.05, 4.69) is 48.3 Å². The van der Waals surface area contributed by atoms with Gasteiger partial charge in [-0.3, -0.25) is 9.69 Å². The summed E-state index contributed by atoms with van der Waals surface area (Å²) in [5.74, 6) is 1.64. The van der Waals surface area contributed by atoms with Gasteiger partial charge >= 0.3 is 0 Å². The van der Waals surface area contributed by atoms with Crippen molar-refractivity contribution in [2.45, 2.75) is 54.1 Å². The lowest BCUT2D eigenvalue weighted by Gasteiger charge is -2.35. The van der Waals surface area contributed by atoms with Crippen LogP contribution < -0.4 is 5.32 Å². The van der Waals surface area contributed by atoms with Crippen molar-refractivity contribution in [1.82, 2.24) is 10.2 Å². The number of likely N-dealkylation sites (tertiary alicyclic amines) is 1. The van der Waals surface area contributed by atoms with Gasteiger partial charge in [0.15, 0.2) is 0 Å². The SMILES string of the molecule is C[C@@H]1C[C@H](C)CN(Cc2ccccc2CNC(=O)C(C)(C)C)C1. The topological polar surface area (TPSA) is 32.3 Å². The molecule has 23 heavy (non-hydrogen) atoms. The quantitative estimate of drug-likeness (QED) is 0.915. The first kappa shape index (κ1) is 18.0. The summed E-state index contributed by atoms with van der Waals surface area (Å²) in [5.41, 5.74) is 2.23. The molecule has 0 aliphatic carbocycles. The average Bonchev–Trinajstić information content (AvgIpc) is 2.44. The van der Waals surface area contributed by atoms with Gasteiger partial charge in [-0.25, -0.2) is 0 Å². The number of hydrogen-bond acceptors (Lipinski definition) is 2. The van der Waals surface area contributed by atoms with Crippen LogP contribution in [0.15, 0.2) is 24.3 Å². The first-order valence-electron chi connectivity index (χ1n) is 8.83. The Labute approximate surface area is 141 Å².